The maximum absolute atomic E-state index is 12.6. The van der Waals surface area contributed by atoms with Crippen molar-refractivity contribution < 1.29 is 9.59 Å². The minimum atomic E-state index is -0.426. The lowest BCUT2D eigenvalue weighted by atomic mass is 9.74. The van der Waals surface area contributed by atoms with Crippen molar-refractivity contribution in [1.29, 1.82) is 0 Å². The van der Waals surface area contributed by atoms with E-state index < -0.39 is 5.54 Å². The van der Waals surface area contributed by atoms with Crippen LogP contribution in [0.1, 0.15) is 45.1 Å². The fraction of sp³-hybridized carbons (Fsp3) is 0.556. The lowest BCUT2D eigenvalue weighted by molar-refractivity contribution is -0.122. The largest absolute Gasteiger partial charge is 0.326 e. The molecule has 1 fully saturated rings. The number of amides is 2. The molecule has 1 heterocycles. The number of carbonyl (C=O) groups is 2. The first-order valence-electron chi connectivity index (χ1n) is 8.39. The molecule has 3 rings (SSSR count). The molecule has 2 aliphatic rings. The number of hydrogen-bond donors (Lipinski definition) is 2. The zero-order chi connectivity index (χ0) is 16.6. The summed E-state index contributed by atoms with van der Waals surface area (Å²) in [5, 5.41) is 3.02. The zero-order valence-electron chi connectivity index (χ0n) is 14.3. The van der Waals surface area contributed by atoms with Gasteiger partial charge in [-0.25, -0.2) is 0 Å². The number of nitrogens with two attached hydrogens (primary N) is 1. The molecular weight excluding hydrogens is 326 g/mol. The van der Waals surface area contributed by atoms with Crippen molar-refractivity contribution in [3.63, 3.8) is 0 Å². The molecule has 1 aliphatic carbocycles. The first-order valence-corrected chi connectivity index (χ1v) is 8.39. The molecule has 1 aromatic carbocycles. The Morgan fingerprint density at radius 3 is 2.75 bits per heavy atom. The molecule has 0 saturated heterocycles. The summed E-state index contributed by atoms with van der Waals surface area (Å²) >= 11 is 0. The van der Waals surface area contributed by atoms with Gasteiger partial charge in [0.1, 0.15) is 0 Å². The van der Waals surface area contributed by atoms with Crippen LogP contribution in [0.15, 0.2) is 18.2 Å². The monoisotopic (exact) mass is 351 g/mol. The van der Waals surface area contributed by atoms with Crippen molar-refractivity contribution in [2.75, 3.05) is 16.8 Å². The Bertz CT molecular complexity index is 645. The molecule has 2 unspecified atom stereocenters. The van der Waals surface area contributed by atoms with Crippen molar-refractivity contribution in [1.82, 2.24) is 0 Å². The van der Waals surface area contributed by atoms with E-state index in [1.54, 1.807) is 11.8 Å². The van der Waals surface area contributed by atoms with Crippen LogP contribution in [0.4, 0.5) is 11.4 Å². The summed E-state index contributed by atoms with van der Waals surface area (Å²) in [5.74, 6) is -0.0732. The number of carbonyl (C=O) groups excluding carboxylic acids is 2. The summed E-state index contributed by atoms with van der Waals surface area (Å²) in [4.78, 5) is 26.0. The highest BCUT2D eigenvalue weighted by atomic mass is 35.5. The van der Waals surface area contributed by atoms with Crippen molar-refractivity contribution in [3.8, 4) is 0 Å². The van der Waals surface area contributed by atoms with Crippen LogP contribution >= 0.6 is 12.4 Å². The van der Waals surface area contributed by atoms with Gasteiger partial charge >= 0.3 is 0 Å². The van der Waals surface area contributed by atoms with E-state index in [2.05, 4.69) is 5.32 Å². The van der Waals surface area contributed by atoms with Gasteiger partial charge in [-0.3, -0.25) is 9.59 Å². The van der Waals surface area contributed by atoms with Gasteiger partial charge in [-0.15, -0.1) is 12.4 Å². The molecule has 5 nitrogen and oxygen atoms in total. The maximum Gasteiger partial charge on any atom is 0.229 e. The summed E-state index contributed by atoms with van der Waals surface area (Å²) in [6.07, 6.45) is 4.72. The average Bonchev–Trinajstić information content (AvgIpc) is 2.89. The summed E-state index contributed by atoms with van der Waals surface area (Å²) < 4.78 is 0. The van der Waals surface area contributed by atoms with Gasteiger partial charge in [-0.2, -0.15) is 0 Å². The van der Waals surface area contributed by atoms with E-state index in [-0.39, 0.29) is 30.1 Å². The molecular formula is C18H26ClN3O2. The Kier molecular flexibility index (Phi) is 5.56. The van der Waals surface area contributed by atoms with Crippen LogP contribution in [0.2, 0.25) is 0 Å². The molecule has 2 amide bonds. The van der Waals surface area contributed by atoms with E-state index in [9.17, 15) is 9.59 Å². The first kappa shape index (κ1) is 18.7. The van der Waals surface area contributed by atoms with Gasteiger partial charge in [0, 0.05) is 30.4 Å². The second-order valence-electron chi connectivity index (χ2n) is 7.06. The van der Waals surface area contributed by atoms with Crippen LogP contribution in [-0.4, -0.2) is 23.9 Å². The van der Waals surface area contributed by atoms with E-state index in [4.69, 9.17) is 5.73 Å². The minimum Gasteiger partial charge on any atom is -0.326 e. The SMILES string of the molecule is CC(=O)N1CCc2cc(NC(=O)C3CCCCC3(C)N)ccc21.Cl. The van der Waals surface area contributed by atoms with E-state index in [0.717, 1.165) is 49.0 Å². The molecule has 0 bridgehead atoms. The quantitative estimate of drug-likeness (QED) is 0.860. The zero-order valence-corrected chi connectivity index (χ0v) is 15.1. The number of rotatable bonds is 2. The number of fused-ring (bicyclic) bond motifs is 1. The van der Waals surface area contributed by atoms with Crippen molar-refractivity contribution in [2.45, 2.75) is 51.5 Å². The Balaban J connectivity index is 0.00000208. The molecule has 0 spiro atoms. The third kappa shape index (κ3) is 3.57. The van der Waals surface area contributed by atoms with Gasteiger partial charge in [0.05, 0.1) is 5.92 Å². The van der Waals surface area contributed by atoms with Crippen LogP contribution in [0.3, 0.4) is 0 Å². The minimum absolute atomic E-state index is 0. The summed E-state index contributed by atoms with van der Waals surface area (Å²) in [7, 11) is 0. The summed E-state index contributed by atoms with van der Waals surface area (Å²) in [6.45, 7) is 4.27. The molecule has 1 aliphatic heterocycles. The Morgan fingerprint density at radius 1 is 1.33 bits per heavy atom. The van der Waals surface area contributed by atoms with Crippen LogP contribution in [0, 0.1) is 5.92 Å². The molecule has 3 N–H and O–H groups in total. The van der Waals surface area contributed by atoms with Gasteiger partial charge in [-0.1, -0.05) is 12.8 Å². The van der Waals surface area contributed by atoms with E-state index in [0.29, 0.717) is 6.54 Å². The second-order valence-corrected chi connectivity index (χ2v) is 7.06. The molecule has 132 valence electrons. The predicted molar refractivity (Wildman–Crippen MR) is 98.6 cm³/mol. The standard InChI is InChI=1S/C18H25N3O2.ClH/c1-12(22)21-10-8-13-11-14(6-7-16(13)21)20-17(23)15-5-3-4-9-18(15,2)19;/h6-7,11,15H,3-5,8-10,19H2,1-2H3,(H,20,23);1H. The smallest absolute Gasteiger partial charge is 0.229 e. The van der Waals surface area contributed by atoms with Gasteiger partial charge < -0.3 is 16.0 Å². The molecule has 6 heteroatoms. The van der Waals surface area contributed by atoms with E-state index in [1.807, 2.05) is 25.1 Å². The van der Waals surface area contributed by atoms with E-state index >= 15 is 0 Å². The van der Waals surface area contributed by atoms with Crippen LogP contribution in [-0.2, 0) is 16.0 Å². The Labute approximate surface area is 149 Å². The molecule has 0 radical (unpaired) electrons. The molecule has 2 atom stereocenters. The van der Waals surface area contributed by atoms with E-state index in [1.165, 1.54) is 0 Å². The number of benzene rings is 1. The second kappa shape index (κ2) is 7.11. The fourth-order valence-corrected chi connectivity index (χ4v) is 3.82. The summed E-state index contributed by atoms with van der Waals surface area (Å²) in [6, 6.07) is 5.77. The normalized spacial score (nSPS) is 25.6. The lowest BCUT2D eigenvalue weighted by Gasteiger charge is -2.37. The van der Waals surface area contributed by atoms with Crippen molar-refractivity contribution in [2.24, 2.45) is 11.7 Å². The Hall–Kier alpha value is -1.59. The number of hydrogen-bond acceptors (Lipinski definition) is 3. The van der Waals surface area contributed by atoms with Crippen LogP contribution in [0.5, 0.6) is 0 Å². The third-order valence-electron chi connectivity index (χ3n) is 5.19. The number of nitrogens with one attached hydrogen (secondary N) is 1. The molecule has 1 saturated carbocycles. The maximum atomic E-state index is 12.6. The number of nitrogens with zero attached hydrogens (tertiary/aromatic N) is 1. The highest BCUT2D eigenvalue weighted by Gasteiger charge is 2.37. The predicted octanol–water partition coefficient (Wildman–Crippen LogP) is 2.86. The molecule has 24 heavy (non-hydrogen) atoms. The van der Waals surface area contributed by atoms with Crippen molar-refractivity contribution >= 4 is 35.6 Å². The number of anilines is 2. The highest BCUT2D eigenvalue weighted by molar-refractivity contribution is 5.96. The van der Waals surface area contributed by atoms with Gasteiger partial charge in [-0.05, 0) is 49.9 Å². The lowest BCUT2D eigenvalue weighted by Crippen LogP contribution is -2.51. The fourth-order valence-electron chi connectivity index (χ4n) is 3.82. The highest BCUT2D eigenvalue weighted by Crippen LogP contribution is 2.34. The summed E-state index contributed by atoms with van der Waals surface area (Å²) in [5.41, 5.74) is 8.74. The topological polar surface area (TPSA) is 75.4 Å². The third-order valence-corrected chi connectivity index (χ3v) is 5.19. The van der Waals surface area contributed by atoms with Gasteiger partial charge in [0.25, 0.3) is 0 Å². The van der Waals surface area contributed by atoms with Crippen LogP contribution in [0.25, 0.3) is 0 Å². The molecule has 1 aromatic rings. The Morgan fingerprint density at radius 2 is 2.08 bits per heavy atom. The first-order chi connectivity index (χ1) is 10.9. The van der Waals surface area contributed by atoms with Crippen LogP contribution < -0.4 is 16.0 Å². The molecule has 0 aromatic heterocycles. The van der Waals surface area contributed by atoms with Gasteiger partial charge in [0.15, 0.2) is 0 Å². The van der Waals surface area contributed by atoms with Crippen molar-refractivity contribution in [3.05, 3.63) is 23.8 Å². The number of halogens is 1. The van der Waals surface area contributed by atoms with Gasteiger partial charge in [0.2, 0.25) is 11.8 Å². The average molecular weight is 352 g/mol.